The lowest BCUT2D eigenvalue weighted by Gasteiger charge is -2.14. The monoisotopic (exact) mass is 1520 g/mol. The number of carbonyl (C=O) groups excluding carboxylic acids is 3. The lowest BCUT2D eigenvalue weighted by molar-refractivity contribution is 0.0704. The Kier molecular flexibility index (Phi) is 14.1. The minimum atomic E-state index is -4.76. The van der Waals surface area contributed by atoms with Crippen LogP contribution >= 0.6 is 181 Å². The zero-order valence-electron chi connectivity index (χ0n) is 21.3. The Morgan fingerprint density at radius 1 is 0.511 bits per heavy atom. The third-order valence-corrected chi connectivity index (χ3v) is 16.1. The predicted octanol–water partition coefficient (Wildman–Crippen LogP) is 9.09. The fraction of sp³-hybridized carbons (Fsp3) is 0. The van der Waals surface area contributed by atoms with Gasteiger partial charge in [-0.05, 0) is 229 Å². The van der Waals surface area contributed by atoms with Gasteiger partial charge in [0.15, 0.2) is 0 Å². The summed E-state index contributed by atoms with van der Waals surface area (Å²) in [6.45, 7) is 0. The van der Waals surface area contributed by atoms with E-state index in [1.807, 2.05) is 57.3 Å². The van der Waals surface area contributed by atoms with Crippen molar-refractivity contribution < 1.29 is 41.6 Å². The number of hydrogen-bond donors (Lipinski definition) is 0. The summed E-state index contributed by atoms with van der Waals surface area (Å²) >= 11 is 15.8. The number of rotatable bonds is 7. The Balaban J connectivity index is 1.73. The van der Waals surface area contributed by atoms with Crippen LogP contribution in [0.2, 0.25) is 0 Å². The van der Waals surface area contributed by atoms with Gasteiger partial charge in [-0.2, -0.15) is 0 Å². The SMILES string of the molecule is O=C(Oc1cc(I)c(S(=O)(=O)[O-])c(I)c1)c1cc(OC(=O)c2cc(I)cc(I)c2I)cc(OC(=O)c2cc(I)cc(I)c2I)c1. The molecule has 4 aromatic carbocycles. The molecule has 45 heavy (non-hydrogen) atoms. The lowest BCUT2D eigenvalue weighted by atomic mass is 10.2. The maximum absolute atomic E-state index is 13.3. The molecule has 0 N–H and O–H groups in total. The molecule has 0 aliphatic carbocycles. The van der Waals surface area contributed by atoms with Crippen molar-refractivity contribution in [1.29, 1.82) is 0 Å². The van der Waals surface area contributed by atoms with E-state index in [0.717, 1.165) is 14.3 Å². The molecule has 0 saturated carbocycles. The molecule has 0 aromatic heterocycles. The zero-order valence-corrected chi connectivity index (χ0v) is 39.4. The van der Waals surface area contributed by atoms with Gasteiger partial charge < -0.3 is 18.8 Å². The van der Waals surface area contributed by atoms with E-state index in [-0.39, 0.29) is 30.0 Å². The number of benzene rings is 4. The van der Waals surface area contributed by atoms with Crippen LogP contribution in [0.1, 0.15) is 31.1 Å². The Bertz CT molecular complexity index is 1900. The Morgan fingerprint density at radius 3 is 1.29 bits per heavy atom. The molecule has 0 radical (unpaired) electrons. The van der Waals surface area contributed by atoms with E-state index in [0.29, 0.717) is 18.3 Å². The minimum Gasteiger partial charge on any atom is -0.744 e. The van der Waals surface area contributed by atoms with E-state index >= 15 is 0 Å². The zero-order chi connectivity index (χ0) is 33.4. The normalized spacial score (nSPS) is 11.2. The molecule has 0 fully saturated rings. The maximum Gasteiger partial charge on any atom is 0.344 e. The highest BCUT2D eigenvalue weighted by Crippen LogP contribution is 2.32. The topological polar surface area (TPSA) is 136 Å². The van der Waals surface area contributed by atoms with Crippen LogP contribution in [0.3, 0.4) is 0 Å². The summed E-state index contributed by atoms with van der Waals surface area (Å²) in [6, 6.07) is 13.4. The number of esters is 3. The molecule has 4 aromatic rings. The van der Waals surface area contributed by atoms with Crippen molar-refractivity contribution in [2.45, 2.75) is 4.90 Å². The molecule has 0 spiro atoms. The second kappa shape index (κ2) is 16.4. The van der Waals surface area contributed by atoms with Gasteiger partial charge in [-0.3, -0.25) is 0 Å². The van der Waals surface area contributed by atoms with Crippen LogP contribution in [-0.4, -0.2) is 30.9 Å². The Hall–Kier alpha value is 1.04. The molecular formula is C27H9I8O9S-. The summed E-state index contributed by atoms with van der Waals surface area (Å²) in [4.78, 5) is 39.4. The van der Waals surface area contributed by atoms with Crippen LogP contribution < -0.4 is 14.2 Å². The highest BCUT2D eigenvalue weighted by Gasteiger charge is 2.22. The van der Waals surface area contributed by atoms with E-state index in [1.165, 1.54) is 30.3 Å². The molecule has 0 saturated heterocycles. The second-order valence-corrected chi connectivity index (χ2v) is 19.1. The predicted molar refractivity (Wildman–Crippen MR) is 230 cm³/mol. The molecule has 0 bridgehead atoms. The number of halogens is 8. The van der Waals surface area contributed by atoms with E-state index in [9.17, 15) is 27.4 Å². The first-order chi connectivity index (χ1) is 20.9. The van der Waals surface area contributed by atoms with E-state index < -0.39 is 32.9 Å². The van der Waals surface area contributed by atoms with E-state index in [2.05, 4.69) is 90.4 Å². The molecule has 0 atom stereocenters. The highest BCUT2D eigenvalue weighted by atomic mass is 127. The van der Waals surface area contributed by atoms with Crippen LogP contribution in [0.25, 0.3) is 0 Å². The minimum absolute atomic E-state index is 0.0341. The number of carbonyl (C=O) groups is 3. The average Bonchev–Trinajstić information content (AvgIpc) is 2.91. The van der Waals surface area contributed by atoms with Gasteiger partial charge in [0, 0.05) is 34.6 Å². The molecule has 18 heteroatoms. The summed E-state index contributed by atoms with van der Waals surface area (Å²) in [5.41, 5.74) is 0.477. The summed E-state index contributed by atoms with van der Waals surface area (Å²) < 4.78 is 56.6. The Labute approximate surface area is 365 Å². The van der Waals surface area contributed by atoms with Crippen LogP contribution in [0.15, 0.2) is 59.5 Å². The van der Waals surface area contributed by atoms with E-state index in [4.69, 9.17) is 14.2 Å². The molecule has 0 aliphatic rings. The fourth-order valence-corrected chi connectivity index (χ4v) is 12.2. The first kappa shape index (κ1) is 38.8. The molecule has 234 valence electrons. The van der Waals surface area contributed by atoms with Crippen LogP contribution in [0.4, 0.5) is 0 Å². The van der Waals surface area contributed by atoms with Crippen LogP contribution in [0.5, 0.6) is 17.2 Å². The first-order valence-corrected chi connectivity index (χ1v) is 21.5. The molecule has 9 nitrogen and oxygen atoms in total. The molecule has 0 unspecified atom stereocenters. The average molecular weight is 1520 g/mol. The van der Waals surface area contributed by atoms with Crippen LogP contribution in [0, 0.1) is 28.6 Å². The van der Waals surface area contributed by atoms with Crippen molar-refractivity contribution in [2.75, 3.05) is 0 Å². The van der Waals surface area contributed by atoms with Crippen molar-refractivity contribution in [2.24, 2.45) is 0 Å². The third-order valence-electron chi connectivity index (χ3n) is 5.39. The third kappa shape index (κ3) is 10.1. The van der Waals surface area contributed by atoms with Crippen molar-refractivity contribution >= 4 is 209 Å². The molecule has 0 aliphatic heterocycles. The van der Waals surface area contributed by atoms with E-state index in [1.54, 1.807) is 57.3 Å². The summed E-state index contributed by atoms with van der Waals surface area (Å²) in [5, 5.41) is 0. The van der Waals surface area contributed by atoms with Gasteiger partial charge in [0.05, 0.1) is 21.6 Å². The molecular weight excluding hydrogens is 1520 g/mol. The van der Waals surface area contributed by atoms with Crippen molar-refractivity contribution in [1.82, 2.24) is 0 Å². The summed E-state index contributed by atoms with van der Waals surface area (Å²) in [5.74, 6) is -2.53. The van der Waals surface area contributed by atoms with Gasteiger partial charge in [-0.1, -0.05) is 0 Å². The molecule has 0 heterocycles. The largest absolute Gasteiger partial charge is 0.744 e. The summed E-state index contributed by atoms with van der Waals surface area (Å²) in [6.07, 6.45) is 0. The smallest absolute Gasteiger partial charge is 0.344 e. The first-order valence-electron chi connectivity index (χ1n) is 11.5. The van der Waals surface area contributed by atoms with Crippen LogP contribution in [-0.2, 0) is 10.1 Å². The van der Waals surface area contributed by atoms with Gasteiger partial charge in [0.2, 0.25) is 0 Å². The van der Waals surface area contributed by atoms with Crippen molar-refractivity contribution in [3.05, 3.63) is 99.8 Å². The quantitative estimate of drug-likeness (QED) is 0.0584. The van der Waals surface area contributed by atoms with Gasteiger partial charge in [0.1, 0.15) is 27.4 Å². The second-order valence-electron chi connectivity index (χ2n) is 8.53. The van der Waals surface area contributed by atoms with Gasteiger partial charge in [-0.25, -0.2) is 22.8 Å². The maximum atomic E-state index is 13.3. The van der Waals surface area contributed by atoms with Gasteiger partial charge >= 0.3 is 17.9 Å². The van der Waals surface area contributed by atoms with Crippen molar-refractivity contribution in [3.63, 3.8) is 0 Å². The highest BCUT2D eigenvalue weighted by molar-refractivity contribution is 14.1. The number of ether oxygens (including phenoxy) is 3. The Morgan fingerprint density at radius 2 is 0.889 bits per heavy atom. The standard InChI is InChI=1S/C27H10I8O9S/c28-11-3-16(22(34)18(30)5-11)26(37)43-13-1-10(25(36)42-15-8-20(32)24(21(33)9-15)45(39,40)41)2-14(7-13)44-27(38)17-4-12(29)6-19(31)23(17)35/h1-9H,(H,39,40,41)/p-1. The fourth-order valence-electron chi connectivity index (χ4n) is 3.54. The van der Waals surface area contributed by atoms with Gasteiger partial charge in [0.25, 0.3) is 0 Å². The summed E-state index contributed by atoms with van der Waals surface area (Å²) in [7, 11) is -4.76. The lowest BCUT2D eigenvalue weighted by Crippen LogP contribution is -2.15. The molecule has 4 rings (SSSR count). The van der Waals surface area contributed by atoms with Crippen molar-refractivity contribution in [3.8, 4) is 17.2 Å². The number of hydrogen-bond acceptors (Lipinski definition) is 9. The van der Waals surface area contributed by atoms with Gasteiger partial charge in [-0.15, -0.1) is 0 Å². The molecule has 0 amide bonds.